The smallest absolute Gasteiger partial charge is 0.534 e. The van der Waals surface area contributed by atoms with Gasteiger partial charge in [-0.3, -0.25) is 4.79 Å². The molecule has 1 atom stereocenters. The number of nitrogens with one attached hydrogen (secondary N) is 1. The summed E-state index contributed by atoms with van der Waals surface area (Å²) in [5.74, 6) is -2.34. The number of hydrogen-bond donors (Lipinski definition) is 4. The molecular formula is C13H16BNO6. The Balaban J connectivity index is 2.26. The second-order valence-electron chi connectivity index (χ2n) is 4.92. The first-order valence-corrected chi connectivity index (χ1v) is 6.65. The molecule has 1 aliphatic rings. The number of aromatic carboxylic acids is 1. The van der Waals surface area contributed by atoms with Gasteiger partial charge in [0.1, 0.15) is 17.1 Å². The van der Waals surface area contributed by atoms with Crippen LogP contribution in [0.2, 0.25) is 0 Å². The van der Waals surface area contributed by atoms with E-state index in [-0.39, 0.29) is 29.4 Å². The van der Waals surface area contributed by atoms with E-state index < -0.39 is 19.0 Å². The molecule has 21 heavy (non-hydrogen) atoms. The summed E-state index contributed by atoms with van der Waals surface area (Å²) in [6.07, 6.45) is 1.19. The summed E-state index contributed by atoms with van der Waals surface area (Å²) < 4.78 is 5.22. The van der Waals surface area contributed by atoms with E-state index in [9.17, 15) is 19.7 Å². The van der Waals surface area contributed by atoms with E-state index in [4.69, 9.17) is 9.76 Å². The predicted molar refractivity (Wildman–Crippen MR) is 74.2 cm³/mol. The maximum Gasteiger partial charge on any atom is 0.547 e. The molecule has 1 aromatic rings. The topological polar surface area (TPSA) is 116 Å². The molecule has 1 unspecified atom stereocenters. The number of phenolic OH excluding ortho intramolecular Hbond substituents is 1. The second-order valence-corrected chi connectivity index (χ2v) is 4.92. The third-order valence-corrected chi connectivity index (χ3v) is 3.23. The van der Waals surface area contributed by atoms with E-state index in [0.29, 0.717) is 18.4 Å². The Kier molecular flexibility index (Phi) is 4.37. The third-order valence-electron chi connectivity index (χ3n) is 3.23. The van der Waals surface area contributed by atoms with E-state index in [0.717, 1.165) is 6.07 Å². The van der Waals surface area contributed by atoms with Gasteiger partial charge in [0.05, 0.1) is 5.94 Å². The standard InChI is InChI=1S/C13H16BNO6/c1-2-3-11(17)15-10-5-7-4-8(16)6-9(13(18)19)12(7)21-14(10)20/h4,6,10,16,20H,2-3,5H2,1H3,(H,15,17)(H,18,19). The monoisotopic (exact) mass is 293 g/mol. The Morgan fingerprint density at radius 1 is 1.48 bits per heavy atom. The first-order valence-electron chi connectivity index (χ1n) is 6.65. The Hall–Kier alpha value is -2.22. The minimum atomic E-state index is -1.33. The van der Waals surface area contributed by atoms with Crippen LogP contribution in [0.3, 0.4) is 0 Å². The van der Waals surface area contributed by atoms with Crippen molar-refractivity contribution in [2.45, 2.75) is 32.1 Å². The molecule has 1 heterocycles. The van der Waals surface area contributed by atoms with E-state index in [1.165, 1.54) is 6.07 Å². The zero-order chi connectivity index (χ0) is 15.6. The number of carbonyl (C=O) groups excluding carboxylic acids is 1. The predicted octanol–water partition coefficient (Wildman–Crippen LogP) is 0.330. The zero-order valence-corrected chi connectivity index (χ0v) is 11.5. The number of fused-ring (bicyclic) bond motifs is 1. The number of carbonyl (C=O) groups is 2. The summed E-state index contributed by atoms with van der Waals surface area (Å²) in [7, 11) is -1.33. The lowest BCUT2D eigenvalue weighted by molar-refractivity contribution is -0.121. The minimum absolute atomic E-state index is 0.0220. The summed E-state index contributed by atoms with van der Waals surface area (Å²) in [5.41, 5.74) is 0.210. The summed E-state index contributed by atoms with van der Waals surface area (Å²) in [6, 6.07) is 2.43. The lowest BCUT2D eigenvalue weighted by Crippen LogP contribution is -2.53. The Bertz CT molecular complexity index is 576. The van der Waals surface area contributed by atoms with Crippen molar-refractivity contribution in [2.24, 2.45) is 0 Å². The molecule has 0 bridgehead atoms. The van der Waals surface area contributed by atoms with Crippen molar-refractivity contribution in [3.63, 3.8) is 0 Å². The van der Waals surface area contributed by atoms with Crippen LogP contribution in [0.5, 0.6) is 11.5 Å². The SMILES string of the molecule is CCCC(=O)NC1Cc2cc(O)cc(C(=O)O)c2OB1O. The molecule has 0 fully saturated rings. The van der Waals surface area contributed by atoms with Crippen LogP contribution in [0.4, 0.5) is 0 Å². The van der Waals surface area contributed by atoms with Gasteiger partial charge in [0.15, 0.2) is 0 Å². The van der Waals surface area contributed by atoms with Gasteiger partial charge in [0.25, 0.3) is 0 Å². The molecule has 2 rings (SSSR count). The molecule has 7 nitrogen and oxygen atoms in total. The van der Waals surface area contributed by atoms with Crippen LogP contribution in [-0.4, -0.2) is 40.2 Å². The molecule has 0 saturated heterocycles. The number of rotatable bonds is 4. The van der Waals surface area contributed by atoms with Gasteiger partial charge in [-0.1, -0.05) is 6.92 Å². The maximum absolute atomic E-state index is 11.6. The second kappa shape index (κ2) is 6.05. The van der Waals surface area contributed by atoms with Crippen LogP contribution in [0.15, 0.2) is 12.1 Å². The number of aromatic hydroxyl groups is 1. The number of carboxylic acid groups (broad SMARTS) is 1. The average molecular weight is 293 g/mol. The molecule has 0 aromatic heterocycles. The maximum atomic E-state index is 11.6. The molecule has 1 amide bonds. The number of phenols is 1. The highest BCUT2D eigenvalue weighted by Gasteiger charge is 2.38. The van der Waals surface area contributed by atoms with Crippen LogP contribution in [0, 0.1) is 0 Å². The van der Waals surface area contributed by atoms with Gasteiger partial charge in [0.2, 0.25) is 5.91 Å². The lowest BCUT2D eigenvalue weighted by Gasteiger charge is -2.29. The van der Waals surface area contributed by atoms with Gasteiger partial charge in [-0.15, -0.1) is 0 Å². The molecule has 0 radical (unpaired) electrons. The fraction of sp³-hybridized carbons (Fsp3) is 0.385. The van der Waals surface area contributed by atoms with Gasteiger partial charge >= 0.3 is 13.1 Å². The largest absolute Gasteiger partial charge is 0.547 e. The molecule has 1 aliphatic heterocycles. The Morgan fingerprint density at radius 2 is 2.19 bits per heavy atom. The molecular weight excluding hydrogens is 277 g/mol. The van der Waals surface area contributed by atoms with E-state index in [2.05, 4.69) is 5.32 Å². The molecule has 1 aromatic carbocycles. The number of amides is 1. The highest BCUT2D eigenvalue weighted by Crippen LogP contribution is 2.33. The zero-order valence-electron chi connectivity index (χ0n) is 11.5. The quantitative estimate of drug-likeness (QED) is 0.594. The van der Waals surface area contributed by atoms with Crippen LogP contribution >= 0.6 is 0 Å². The molecule has 0 aliphatic carbocycles. The molecule has 0 saturated carbocycles. The fourth-order valence-electron chi connectivity index (χ4n) is 2.29. The van der Waals surface area contributed by atoms with E-state index in [1.807, 2.05) is 6.92 Å². The lowest BCUT2D eigenvalue weighted by atomic mass is 9.72. The highest BCUT2D eigenvalue weighted by molar-refractivity contribution is 6.47. The fourth-order valence-corrected chi connectivity index (χ4v) is 2.29. The number of hydrogen-bond acceptors (Lipinski definition) is 5. The van der Waals surface area contributed by atoms with Crippen LogP contribution in [0.1, 0.15) is 35.7 Å². The molecule has 112 valence electrons. The summed E-state index contributed by atoms with van der Waals surface area (Å²) in [5, 5.41) is 31.2. The van der Waals surface area contributed by atoms with Crippen molar-refractivity contribution < 1.29 is 29.5 Å². The van der Waals surface area contributed by atoms with Crippen LogP contribution in [-0.2, 0) is 11.2 Å². The summed E-state index contributed by atoms with van der Waals surface area (Å²) >= 11 is 0. The van der Waals surface area contributed by atoms with E-state index in [1.54, 1.807) is 0 Å². The van der Waals surface area contributed by atoms with E-state index >= 15 is 0 Å². The Labute approximate surface area is 121 Å². The third kappa shape index (κ3) is 3.27. The van der Waals surface area contributed by atoms with Crippen molar-refractivity contribution >= 4 is 19.0 Å². The first kappa shape index (κ1) is 15.2. The van der Waals surface area contributed by atoms with Crippen molar-refractivity contribution in [2.75, 3.05) is 0 Å². The van der Waals surface area contributed by atoms with Crippen molar-refractivity contribution in [3.8, 4) is 11.5 Å². The van der Waals surface area contributed by atoms with Gasteiger partial charge in [-0.25, -0.2) is 4.79 Å². The Morgan fingerprint density at radius 3 is 2.81 bits per heavy atom. The van der Waals surface area contributed by atoms with Crippen molar-refractivity contribution in [1.82, 2.24) is 5.32 Å². The number of benzene rings is 1. The van der Waals surface area contributed by atoms with Gasteiger partial charge in [-0.2, -0.15) is 0 Å². The molecule has 4 N–H and O–H groups in total. The van der Waals surface area contributed by atoms with Gasteiger partial charge in [0, 0.05) is 6.42 Å². The average Bonchev–Trinajstić information content (AvgIpc) is 2.39. The minimum Gasteiger partial charge on any atom is -0.534 e. The van der Waals surface area contributed by atoms with Crippen LogP contribution < -0.4 is 9.97 Å². The highest BCUT2D eigenvalue weighted by atomic mass is 16.5. The van der Waals surface area contributed by atoms with Gasteiger partial charge in [-0.05, 0) is 30.5 Å². The van der Waals surface area contributed by atoms with Crippen molar-refractivity contribution in [3.05, 3.63) is 23.3 Å². The first-order chi connectivity index (χ1) is 9.92. The summed E-state index contributed by atoms with van der Waals surface area (Å²) in [4.78, 5) is 22.7. The molecule has 8 heteroatoms. The summed E-state index contributed by atoms with van der Waals surface area (Å²) in [6.45, 7) is 1.86. The normalized spacial score (nSPS) is 16.9. The van der Waals surface area contributed by atoms with Crippen LogP contribution in [0.25, 0.3) is 0 Å². The molecule has 0 spiro atoms. The van der Waals surface area contributed by atoms with Gasteiger partial charge < -0.3 is 25.2 Å². The van der Waals surface area contributed by atoms with Crippen molar-refractivity contribution in [1.29, 1.82) is 0 Å². The number of carboxylic acids is 1.